The third kappa shape index (κ3) is 66.7. The van der Waals surface area contributed by atoms with Gasteiger partial charge in [0, 0.05) is 25.7 Å². The number of phosphoric ester groups is 2. The molecule has 5 atom stereocenters. The van der Waals surface area contributed by atoms with Crippen molar-refractivity contribution in [2.24, 2.45) is 5.92 Å². The summed E-state index contributed by atoms with van der Waals surface area (Å²) in [6, 6.07) is 0. The third-order valence-corrected chi connectivity index (χ3v) is 18.9. The molecule has 0 radical (unpaired) electrons. The van der Waals surface area contributed by atoms with Crippen molar-refractivity contribution in [2.75, 3.05) is 39.6 Å². The summed E-state index contributed by atoms with van der Waals surface area (Å²) >= 11 is 0. The molecule has 0 aromatic heterocycles. The summed E-state index contributed by atoms with van der Waals surface area (Å²) in [6.45, 7) is 7.22. The lowest BCUT2D eigenvalue weighted by molar-refractivity contribution is -0.161. The molecule has 0 aromatic rings. The van der Waals surface area contributed by atoms with Gasteiger partial charge in [0.1, 0.15) is 19.3 Å². The number of carbonyl (C=O) groups excluding carboxylic acids is 4. The van der Waals surface area contributed by atoms with Crippen LogP contribution in [0.1, 0.15) is 381 Å². The topological polar surface area (TPSA) is 237 Å². The lowest BCUT2D eigenvalue weighted by Gasteiger charge is -2.21. The van der Waals surface area contributed by atoms with Crippen LogP contribution in [0, 0.1) is 5.92 Å². The molecule has 2 unspecified atom stereocenters. The number of rotatable bonds is 73. The zero-order valence-corrected chi connectivity index (χ0v) is 61.5. The van der Waals surface area contributed by atoms with Gasteiger partial charge in [-0.1, -0.05) is 330 Å². The van der Waals surface area contributed by atoms with Gasteiger partial charge in [-0.05, 0) is 31.6 Å². The lowest BCUT2D eigenvalue weighted by Crippen LogP contribution is -2.30. The number of aliphatic hydroxyl groups excluding tert-OH is 1. The molecule has 3 N–H and O–H groups in total. The van der Waals surface area contributed by atoms with E-state index in [4.69, 9.17) is 37.0 Å². The Labute approximate surface area is 562 Å². The molecule has 92 heavy (non-hydrogen) atoms. The van der Waals surface area contributed by atoms with Crippen LogP contribution in [0.5, 0.6) is 0 Å². The van der Waals surface area contributed by atoms with Crippen LogP contribution in [-0.4, -0.2) is 96.7 Å². The highest BCUT2D eigenvalue weighted by atomic mass is 31.2. The first-order chi connectivity index (χ1) is 44.5. The van der Waals surface area contributed by atoms with Crippen molar-refractivity contribution in [3.8, 4) is 0 Å². The first kappa shape index (κ1) is 90.1. The fourth-order valence-corrected chi connectivity index (χ4v) is 12.8. The van der Waals surface area contributed by atoms with Crippen molar-refractivity contribution in [1.29, 1.82) is 0 Å². The molecule has 546 valence electrons. The van der Waals surface area contributed by atoms with Gasteiger partial charge < -0.3 is 33.8 Å². The summed E-state index contributed by atoms with van der Waals surface area (Å²) in [5, 5.41) is 10.6. The fraction of sp³-hybridized carbons (Fsp3) is 0.945. The summed E-state index contributed by atoms with van der Waals surface area (Å²) < 4.78 is 68.4. The lowest BCUT2D eigenvalue weighted by atomic mass is 10.0. The predicted molar refractivity (Wildman–Crippen MR) is 372 cm³/mol. The first-order valence-electron chi connectivity index (χ1n) is 38.1. The van der Waals surface area contributed by atoms with E-state index in [9.17, 15) is 43.2 Å². The number of carbonyl (C=O) groups is 4. The van der Waals surface area contributed by atoms with E-state index in [0.29, 0.717) is 31.6 Å². The van der Waals surface area contributed by atoms with Gasteiger partial charge in [-0.2, -0.15) is 0 Å². The molecular weight excluding hydrogens is 1210 g/mol. The molecular formula is C73H142O17P2. The summed E-state index contributed by atoms with van der Waals surface area (Å²) in [5.74, 6) is -1.41. The molecule has 0 heterocycles. The maximum Gasteiger partial charge on any atom is 0.472 e. The van der Waals surface area contributed by atoms with Gasteiger partial charge in [0.2, 0.25) is 0 Å². The summed E-state index contributed by atoms with van der Waals surface area (Å²) in [6.07, 6.45) is 54.1. The average Bonchev–Trinajstić information content (AvgIpc) is 2.07. The van der Waals surface area contributed by atoms with Gasteiger partial charge in [0.25, 0.3) is 0 Å². The van der Waals surface area contributed by atoms with Gasteiger partial charge in [-0.3, -0.25) is 37.3 Å². The van der Waals surface area contributed by atoms with Crippen molar-refractivity contribution in [3.05, 3.63) is 0 Å². The SMILES string of the molecule is CCCCCCCCCCCCCCCCCCCCC(=O)O[C@H](COC(=O)CCCCCCCCCCCCCC)COP(=O)(O)OC[C@@H](O)COP(=O)(O)OC[C@@H](COC(=O)CCCCCCCCCC(C)C)OC(=O)CCCCCCCCCCCCCC. The highest BCUT2D eigenvalue weighted by Crippen LogP contribution is 2.45. The summed E-state index contributed by atoms with van der Waals surface area (Å²) in [5.41, 5.74) is 0. The second kappa shape index (κ2) is 66.3. The maximum absolute atomic E-state index is 13.1. The molecule has 17 nitrogen and oxygen atoms in total. The average molecular weight is 1350 g/mol. The molecule has 0 saturated heterocycles. The van der Waals surface area contributed by atoms with Crippen LogP contribution >= 0.6 is 15.6 Å². The fourth-order valence-electron chi connectivity index (χ4n) is 11.2. The quantitative estimate of drug-likeness (QED) is 0.0222. The van der Waals surface area contributed by atoms with Crippen LogP contribution in [0.3, 0.4) is 0 Å². The van der Waals surface area contributed by atoms with Crippen LogP contribution in [0.15, 0.2) is 0 Å². The van der Waals surface area contributed by atoms with Gasteiger partial charge in [0.05, 0.1) is 26.4 Å². The van der Waals surface area contributed by atoms with Crippen LogP contribution in [0.2, 0.25) is 0 Å². The molecule has 0 amide bonds. The second-order valence-electron chi connectivity index (χ2n) is 26.8. The van der Waals surface area contributed by atoms with E-state index in [1.807, 2.05) is 0 Å². The molecule has 0 rings (SSSR count). The van der Waals surface area contributed by atoms with E-state index in [1.165, 1.54) is 199 Å². The molecule has 0 aliphatic rings. The third-order valence-electron chi connectivity index (χ3n) is 17.0. The van der Waals surface area contributed by atoms with E-state index in [2.05, 4.69) is 34.6 Å². The Morgan fingerprint density at radius 1 is 0.293 bits per heavy atom. The molecule has 0 aliphatic heterocycles. The number of hydrogen-bond donors (Lipinski definition) is 3. The largest absolute Gasteiger partial charge is 0.472 e. The van der Waals surface area contributed by atoms with Gasteiger partial charge in [0.15, 0.2) is 12.2 Å². The number of unbranched alkanes of at least 4 members (excludes halogenated alkanes) is 45. The van der Waals surface area contributed by atoms with Gasteiger partial charge in [-0.15, -0.1) is 0 Å². The molecule has 0 aliphatic carbocycles. The van der Waals surface area contributed by atoms with Crippen molar-refractivity contribution >= 4 is 39.5 Å². The Balaban J connectivity index is 5.22. The van der Waals surface area contributed by atoms with Crippen molar-refractivity contribution < 1.29 is 80.2 Å². The minimum atomic E-state index is -4.95. The molecule has 0 bridgehead atoms. The number of aliphatic hydroxyl groups is 1. The van der Waals surface area contributed by atoms with E-state index in [-0.39, 0.29) is 25.7 Å². The van der Waals surface area contributed by atoms with E-state index < -0.39 is 97.5 Å². The van der Waals surface area contributed by atoms with Crippen molar-refractivity contribution in [2.45, 2.75) is 400 Å². The minimum absolute atomic E-state index is 0.107. The van der Waals surface area contributed by atoms with Gasteiger partial charge in [-0.25, -0.2) is 9.13 Å². The van der Waals surface area contributed by atoms with Crippen LogP contribution in [0.4, 0.5) is 0 Å². The summed E-state index contributed by atoms with van der Waals surface area (Å²) in [4.78, 5) is 72.6. The molecule has 0 saturated carbocycles. The van der Waals surface area contributed by atoms with Crippen molar-refractivity contribution in [1.82, 2.24) is 0 Å². The van der Waals surface area contributed by atoms with Crippen LogP contribution in [0.25, 0.3) is 0 Å². The Hall–Kier alpha value is -1.94. The number of ether oxygens (including phenoxy) is 4. The summed E-state index contributed by atoms with van der Waals surface area (Å²) in [7, 11) is -9.90. The van der Waals surface area contributed by atoms with Crippen LogP contribution in [-0.2, 0) is 65.4 Å². The smallest absolute Gasteiger partial charge is 0.462 e. The van der Waals surface area contributed by atoms with Gasteiger partial charge >= 0.3 is 39.5 Å². The van der Waals surface area contributed by atoms with E-state index in [0.717, 1.165) is 96.3 Å². The minimum Gasteiger partial charge on any atom is -0.462 e. The maximum atomic E-state index is 13.1. The molecule has 0 aromatic carbocycles. The molecule has 19 heteroatoms. The zero-order valence-electron chi connectivity index (χ0n) is 59.7. The molecule has 0 fully saturated rings. The Bertz CT molecular complexity index is 1770. The number of phosphoric acid groups is 2. The zero-order chi connectivity index (χ0) is 67.7. The van der Waals surface area contributed by atoms with E-state index >= 15 is 0 Å². The second-order valence-corrected chi connectivity index (χ2v) is 29.7. The number of hydrogen-bond acceptors (Lipinski definition) is 15. The first-order valence-corrected chi connectivity index (χ1v) is 41.1. The Morgan fingerprint density at radius 3 is 0.739 bits per heavy atom. The normalized spacial score (nSPS) is 14.0. The van der Waals surface area contributed by atoms with Crippen LogP contribution < -0.4 is 0 Å². The highest BCUT2D eigenvalue weighted by molar-refractivity contribution is 7.47. The predicted octanol–water partition coefficient (Wildman–Crippen LogP) is 21.3. The standard InChI is InChI=1S/C73H142O17P2/c1-6-9-12-15-18-21-24-27-28-29-30-31-32-35-38-43-49-54-59-73(78)89-68(62-83-70(75)56-51-46-41-36-33-25-22-19-16-13-10-7-2)64-87-91(79,80)85-60-67(74)61-86-92(81,82)88-65-69(63-84-71(76)57-52-47-44-39-40-45-50-55-66(4)5)90-72(77)58-53-48-42-37-34-26-23-20-17-14-11-8-3/h66-69,74H,6-65H2,1-5H3,(H,79,80)(H,81,82)/t67-,68-,69-/m1/s1. The number of esters is 4. The Morgan fingerprint density at radius 2 is 0.500 bits per heavy atom. The Kier molecular flexibility index (Phi) is 64.9. The van der Waals surface area contributed by atoms with E-state index in [1.54, 1.807) is 0 Å². The highest BCUT2D eigenvalue weighted by Gasteiger charge is 2.30. The van der Waals surface area contributed by atoms with Crippen molar-refractivity contribution in [3.63, 3.8) is 0 Å². The molecule has 0 spiro atoms. The monoisotopic (exact) mass is 1350 g/mol.